The highest BCUT2D eigenvalue weighted by molar-refractivity contribution is 6.33. The van der Waals surface area contributed by atoms with E-state index in [4.69, 9.17) is 26.8 Å². The lowest BCUT2D eigenvalue weighted by Gasteiger charge is -2.22. The third-order valence-electron chi connectivity index (χ3n) is 3.46. The minimum Gasteiger partial charge on any atom is -0.496 e. The molecule has 21 heavy (non-hydrogen) atoms. The number of carbonyl (C=O) groups is 1. The van der Waals surface area contributed by atoms with Crippen LogP contribution in [0.1, 0.15) is 23.2 Å². The van der Waals surface area contributed by atoms with Gasteiger partial charge in [0.15, 0.2) is 0 Å². The number of nitrogen functional groups attached to an aromatic ring is 1. The third kappa shape index (κ3) is 4.66. The fourth-order valence-electron chi connectivity index (χ4n) is 2.20. The summed E-state index contributed by atoms with van der Waals surface area (Å²) in [5.41, 5.74) is 6.49. The molecular weight excluding hydrogens is 315 g/mol. The first kappa shape index (κ1) is 17.9. The van der Waals surface area contributed by atoms with Crippen molar-refractivity contribution in [2.75, 3.05) is 32.6 Å². The molecule has 0 unspecified atom stereocenters. The monoisotopic (exact) mass is 334 g/mol. The summed E-state index contributed by atoms with van der Waals surface area (Å²) in [6, 6.07) is 3.10. The van der Waals surface area contributed by atoms with Gasteiger partial charge in [-0.3, -0.25) is 4.79 Å². The van der Waals surface area contributed by atoms with Crippen LogP contribution in [-0.2, 0) is 4.74 Å². The molecule has 2 rings (SSSR count). The summed E-state index contributed by atoms with van der Waals surface area (Å²) in [5, 5.41) is 3.27. The number of benzene rings is 1. The van der Waals surface area contributed by atoms with Gasteiger partial charge in [-0.1, -0.05) is 11.6 Å². The number of anilines is 1. The molecule has 1 aromatic rings. The van der Waals surface area contributed by atoms with Crippen molar-refractivity contribution in [1.82, 2.24) is 5.32 Å². The molecule has 1 saturated heterocycles. The van der Waals surface area contributed by atoms with Crippen molar-refractivity contribution in [2.24, 2.45) is 5.92 Å². The summed E-state index contributed by atoms with van der Waals surface area (Å²) in [4.78, 5) is 12.2. The number of hydrogen-bond acceptors (Lipinski definition) is 4. The predicted molar refractivity (Wildman–Crippen MR) is 85.5 cm³/mol. The molecule has 0 spiro atoms. The largest absolute Gasteiger partial charge is 0.496 e. The standard InChI is InChI=1S/C14H19ClN2O3.ClH/c1-19-13-7-12(16)11(15)6-10(13)14(18)17-8-9-2-4-20-5-3-9;/h6-7,9H,2-5,8,16H2,1H3,(H,17,18);1H. The highest BCUT2D eigenvalue weighted by atomic mass is 35.5. The van der Waals surface area contributed by atoms with Crippen LogP contribution < -0.4 is 15.8 Å². The Balaban J connectivity index is 0.00000220. The molecule has 1 amide bonds. The van der Waals surface area contributed by atoms with Crippen LogP contribution in [0, 0.1) is 5.92 Å². The number of nitrogens with one attached hydrogen (secondary N) is 1. The number of amides is 1. The summed E-state index contributed by atoms with van der Waals surface area (Å²) in [6.07, 6.45) is 1.94. The molecule has 7 heteroatoms. The summed E-state index contributed by atoms with van der Waals surface area (Å²) >= 11 is 5.96. The number of methoxy groups -OCH3 is 1. The molecule has 0 saturated carbocycles. The number of ether oxygens (including phenoxy) is 2. The second-order valence-corrected chi connectivity index (χ2v) is 5.25. The molecule has 0 bridgehead atoms. The Hall–Kier alpha value is -1.17. The van der Waals surface area contributed by atoms with Gasteiger partial charge in [0.1, 0.15) is 5.75 Å². The SMILES string of the molecule is COc1cc(N)c(Cl)cc1C(=O)NCC1CCOCC1.Cl. The van der Waals surface area contributed by atoms with Gasteiger partial charge in [-0.15, -0.1) is 12.4 Å². The summed E-state index contributed by atoms with van der Waals surface area (Å²) in [5.74, 6) is 0.689. The molecule has 1 fully saturated rings. The fourth-order valence-corrected chi connectivity index (χ4v) is 2.36. The van der Waals surface area contributed by atoms with Gasteiger partial charge in [-0.25, -0.2) is 0 Å². The van der Waals surface area contributed by atoms with Crippen molar-refractivity contribution in [1.29, 1.82) is 0 Å². The zero-order valence-corrected chi connectivity index (χ0v) is 13.4. The quantitative estimate of drug-likeness (QED) is 0.829. The molecular formula is C14H20Cl2N2O3. The maximum absolute atomic E-state index is 12.2. The second kappa shape index (κ2) is 8.32. The smallest absolute Gasteiger partial charge is 0.255 e. The van der Waals surface area contributed by atoms with Gasteiger partial charge in [0.2, 0.25) is 0 Å². The van der Waals surface area contributed by atoms with E-state index in [1.54, 1.807) is 6.07 Å². The Labute approximate surface area is 135 Å². The lowest BCUT2D eigenvalue weighted by atomic mass is 10.0. The lowest BCUT2D eigenvalue weighted by molar-refractivity contribution is 0.0642. The zero-order chi connectivity index (χ0) is 14.5. The Morgan fingerprint density at radius 1 is 1.48 bits per heavy atom. The Morgan fingerprint density at radius 2 is 2.14 bits per heavy atom. The number of nitrogens with two attached hydrogens (primary N) is 1. The number of carbonyl (C=O) groups excluding carboxylic acids is 1. The van der Waals surface area contributed by atoms with Gasteiger partial charge >= 0.3 is 0 Å². The molecule has 0 atom stereocenters. The minimum atomic E-state index is -0.199. The van der Waals surface area contributed by atoms with E-state index in [0.717, 1.165) is 26.1 Å². The van der Waals surface area contributed by atoms with E-state index in [2.05, 4.69) is 5.32 Å². The van der Waals surface area contributed by atoms with Crippen LogP contribution in [0.2, 0.25) is 5.02 Å². The number of hydrogen-bond donors (Lipinski definition) is 2. The normalized spacial score (nSPS) is 15.1. The van der Waals surface area contributed by atoms with Crippen molar-refractivity contribution >= 4 is 35.6 Å². The topological polar surface area (TPSA) is 73.6 Å². The molecule has 1 heterocycles. The zero-order valence-electron chi connectivity index (χ0n) is 11.9. The maximum Gasteiger partial charge on any atom is 0.255 e. The van der Waals surface area contributed by atoms with Gasteiger partial charge in [0.25, 0.3) is 5.91 Å². The molecule has 1 aromatic carbocycles. The van der Waals surface area contributed by atoms with Crippen LogP contribution in [0.25, 0.3) is 0 Å². The van der Waals surface area contributed by atoms with E-state index in [1.165, 1.54) is 13.2 Å². The van der Waals surface area contributed by atoms with E-state index in [-0.39, 0.29) is 18.3 Å². The first-order valence-electron chi connectivity index (χ1n) is 6.60. The highest BCUT2D eigenvalue weighted by Gasteiger charge is 2.18. The van der Waals surface area contributed by atoms with Gasteiger partial charge in [-0.2, -0.15) is 0 Å². The Bertz CT molecular complexity index is 491. The molecule has 1 aliphatic heterocycles. The first-order chi connectivity index (χ1) is 9.61. The van der Waals surface area contributed by atoms with Crippen LogP contribution in [-0.4, -0.2) is 32.8 Å². The minimum absolute atomic E-state index is 0. The Morgan fingerprint density at radius 3 is 2.76 bits per heavy atom. The Kier molecular flexibility index (Phi) is 7.08. The van der Waals surface area contributed by atoms with E-state index in [9.17, 15) is 4.79 Å². The van der Waals surface area contributed by atoms with Gasteiger partial charge in [-0.05, 0) is 24.8 Å². The fraction of sp³-hybridized carbons (Fsp3) is 0.500. The van der Waals surface area contributed by atoms with E-state index >= 15 is 0 Å². The van der Waals surface area contributed by atoms with Crippen molar-refractivity contribution in [3.8, 4) is 5.75 Å². The molecule has 5 nitrogen and oxygen atoms in total. The maximum atomic E-state index is 12.2. The molecule has 0 aliphatic carbocycles. The van der Waals surface area contributed by atoms with Crippen LogP contribution in [0.3, 0.4) is 0 Å². The van der Waals surface area contributed by atoms with E-state index < -0.39 is 0 Å². The van der Waals surface area contributed by atoms with Crippen LogP contribution in [0.4, 0.5) is 5.69 Å². The lowest BCUT2D eigenvalue weighted by Crippen LogP contribution is -2.32. The number of halogens is 2. The average Bonchev–Trinajstić information content (AvgIpc) is 2.48. The third-order valence-corrected chi connectivity index (χ3v) is 3.78. The summed E-state index contributed by atoms with van der Waals surface area (Å²) in [6.45, 7) is 2.16. The van der Waals surface area contributed by atoms with E-state index in [0.29, 0.717) is 34.5 Å². The molecule has 0 radical (unpaired) electrons. The predicted octanol–water partition coefficient (Wildman–Crippen LogP) is 2.51. The van der Waals surface area contributed by atoms with Gasteiger partial charge in [0.05, 0.1) is 23.4 Å². The second-order valence-electron chi connectivity index (χ2n) is 4.84. The molecule has 118 valence electrons. The summed E-state index contributed by atoms with van der Waals surface area (Å²) in [7, 11) is 1.50. The molecule has 0 aromatic heterocycles. The van der Waals surface area contributed by atoms with Crippen molar-refractivity contribution in [3.63, 3.8) is 0 Å². The van der Waals surface area contributed by atoms with Crippen molar-refractivity contribution in [3.05, 3.63) is 22.7 Å². The van der Waals surface area contributed by atoms with Gasteiger partial charge < -0.3 is 20.5 Å². The molecule has 1 aliphatic rings. The van der Waals surface area contributed by atoms with Gasteiger partial charge in [0, 0.05) is 25.8 Å². The van der Waals surface area contributed by atoms with Crippen LogP contribution in [0.5, 0.6) is 5.75 Å². The highest BCUT2D eigenvalue weighted by Crippen LogP contribution is 2.28. The number of rotatable bonds is 4. The van der Waals surface area contributed by atoms with Crippen molar-refractivity contribution < 1.29 is 14.3 Å². The van der Waals surface area contributed by atoms with E-state index in [1.807, 2.05) is 0 Å². The van der Waals surface area contributed by atoms with Crippen LogP contribution >= 0.6 is 24.0 Å². The van der Waals surface area contributed by atoms with Crippen molar-refractivity contribution in [2.45, 2.75) is 12.8 Å². The average molecular weight is 335 g/mol. The first-order valence-corrected chi connectivity index (χ1v) is 6.98. The summed E-state index contributed by atoms with van der Waals surface area (Å²) < 4.78 is 10.5. The van der Waals surface area contributed by atoms with Crippen LogP contribution in [0.15, 0.2) is 12.1 Å². The molecule has 3 N–H and O–H groups in total.